The maximum absolute atomic E-state index is 9.98. The monoisotopic (exact) mass is 148 g/mol. The molecule has 1 aromatic heterocycles. The van der Waals surface area contributed by atoms with Gasteiger partial charge in [0.1, 0.15) is 6.33 Å². The summed E-state index contributed by atoms with van der Waals surface area (Å²) in [6.45, 7) is 0. The van der Waals surface area contributed by atoms with Gasteiger partial charge in [0.05, 0.1) is 0 Å². The van der Waals surface area contributed by atoms with Crippen molar-refractivity contribution in [1.82, 2.24) is 9.55 Å². The number of hydrogen-bond donors (Lipinski definition) is 1. The predicted molar refractivity (Wildman–Crippen MR) is 32.9 cm³/mol. The van der Waals surface area contributed by atoms with Crippen LogP contribution in [0.3, 0.4) is 0 Å². The molecular formula is C4H5ClN2O2. The van der Waals surface area contributed by atoms with Crippen LogP contribution in [-0.2, 0) is 0 Å². The van der Waals surface area contributed by atoms with E-state index in [0.717, 1.165) is 4.57 Å². The van der Waals surface area contributed by atoms with Gasteiger partial charge in [-0.2, -0.15) is 0 Å². The van der Waals surface area contributed by atoms with Crippen LogP contribution in [0.25, 0.3) is 0 Å². The SMILES string of the molecule is Cl.O=C(O)n1ccnc1. The minimum absolute atomic E-state index is 0. The van der Waals surface area contributed by atoms with Gasteiger partial charge in [-0.25, -0.2) is 14.3 Å². The average Bonchev–Trinajstić information content (AvgIpc) is 2.12. The first-order chi connectivity index (χ1) is 3.80. The molecule has 0 atom stereocenters. The second-order valence-electron chi connectivity index (χ2n) is 1.25. The quantitative estimate of drug-likeness (QED) is 0.593. The molecule has 50 valence electrons. The van der Waals surface area contributed by atoms with Crippen LogP contribution in [0.2, 0.25) is 0 Å². The Morgan fingerprint density at radius 2 is 2.33 bits per heavy atom. The molecule has 1 rings (SSSR count). The van der Waals surface area contributed by atoms with Crippen molar-refractivity contribution < 1.29 is 9.90 Å². The average molecular weight is 149 g/mol. The van der Waals surface area contributed by atoms with E-state index < -0.39 is 6.09 Å². The molecule has 0 unspecified atom stereocenters. The number of carboxylic acid groups (broad SMARTS) is 1. The minimum Gasteiger partial charge on any atom is -0.464 e. The third kappa shape index (κ3) is 1.73. The van der Waals surface area contributed by atoms with E-state index in [1.165, 1.54) is 18.7 Å². The van der Waals surface area contributed by atoms with Crippen LogP contribution in [0.5, 0.6) is 0 Å². The van der Waals surface area contributed by atoms with Crippen LogP contribution < -0.4 is 0 Å². The summed E-state index contributed by atoms with van der Waals surface area (Å²) in [5.74, 6) is 0. The molecule has 0 radical (unpaired) electrons. The fourth-order valence-corrected chi connectivity index (χ4v) is 0.372. The Morgan fingerprint density at radius 3 is 2.56 bits per heavy atom. The molecule has 1 heterocycles. The summed E-state index contributed by atoms with van der Waals surface area (Å²) in [6.07, 6.45) is 2.99. The molecule has 0 amide bonds. The molecule has 1 N–H and O–H groups in total. The van der Waals surface area contributed by atoms with Crippen molar-refractivity contribution in [2.45, 2.75) is 0 Å². The minimum atomic E-state index is -1.01. The third-order valence-corrected chi connectivity index (χ3v) is 0.725. The zero-order chi connectivity index (χ0) is 5.98. The number of hydrogen-bond acceptors (Lipinski definition) is 2. The number of carbonyl (C=O) groups is 1. The van der Waals surface area contributed by atoms with Crippen molar-refractivity contribution in [3.8, 4) is 0 Å². The van der Waals surface area contributed by atoms with Gasteiger partial charge in [-0.15, -0.1) is 12.4 Å². The van der Waals surface area contributed by atoms with Crippen molar-refractivity contribution in [3.05, 3.63) is 18.7 Å². The molecule has 0 aliphatic rings. The predicted octanol–water partition coefficient (Wildman–Crippen LogP) is 0.831. The van der Waals surface area contributed by atoms with E-state index in [9.17, 15) is 4.79 Å². The van der Waals surface area contributed by atoms with E-state index in [-0.39, 0.29) is 12.4 Å². The maximum Gasteiger partial charge on any atom is 0.416 e. The summed E-state index contributed by atoms with van der Waals surface area (Å²) in [7, 11) is 0. The van der Waals surface area contributed by atoms with Gasteiger partial charge in [0, 0.05) is 12.4 Å². The number of halogens is 1. The fraction of sp³-hybridized carbons (Fsp3) is 0. The largest absolute Gasteiger partial charge is 0.464 e. The van der Waals surface area contributed by atoms with E-state index in [4.69, 9.17) is 5.11 Å². The Hall–Kier alpha value is -1.03. The lowest BCUT2D eigenvalue weighted by Gasteiger charge is -1.85. The van der Waals surface area contributed by atoms with Gasteiger partial charge in [-0.05, 0) is 0 Å². The highest BCUT2D eigenvalue weighted by Crippen LogP contribution is 1.81. The molecule has 0 bridgehead atoms. The molecule has 4 nitrogen and oxygen atoms in total. The summed E-state index contributed by atoms with van der Waals surface area (Å²) in [5, 5.41) is 8.20. The Balaban J connectivity index is 0.000000640. The zero-order valence-corrected chi connectivity index (χ0v) is 5.21. The van der Waals surface area contributed by atoms with Crippen LogP contribution in [0.4, 0.5) is 4.79 Å². The Bertz CT molecular complexity index is 184. The van der Waals surface area contributed by atoms with Gasteiger partial charge in [0.25, 0.3) is 0 Å². The van der Waals surface area contributed by atoms with E-state index in [1.54, 1.807) is 0 Å². The number of aromatic nitrogens is 2. The van der Waals surface area contributed by atoms with Gasteiger partial charge in [0.2, 0.25) is 0 Å². The molecule has 5 heteroatoms. The Morgan fingerprint density at radius 1 is 1.67 bits per heavy atom. The van der Waals surface area contributed by atoms with Crippen molar-refractivity contribution in [2.24, 2.45) is 0 Å². The van der Waals surface area contributed by atoms with E-state index in [0.29, 0.717) is 0 Å². The van der Waals surface area contributed by atoms with Crippen LogP contribution in [0, 0.1) is 0 Å². The number of nitrogens with zero attached hydrogens (tertiary/aromatic N) is 2. The number of rotatable bonds is 0. The summed E-state index contributed by atoms with van der Waals surface area (Å²) in [4.78, 5) is 13.5. The highest BCUT2D eigenvalue weighted by atomic mass is 35.5. The van der Waals surface area contributed by atoms with Crippen LogP contribution in [0.15, 0.2) is 18.7 Å². The van der Waals surface area contributed by atoms with Gasteiger partial charge in [-0.1, -0.05) is 0 Å². The van der Waals surface area contributed by atoms with Crippen molar-refractivity contribution in [1.29, 1.82) is 0 Å². The summed E-state index contributed by atoms with van der Waals surface area (Å²) >= 11 is 0. The standard InChI is InChI=1S/C4H4N2O2.ClH/c7-4(8)6-2-1-5-3-6;/h1-3H,(H,7,8);1H. The molecule has 0 aliphatic carbocycles. The number of imidazole rings is 1. The molecule has 0 aromatic carbocycles. The summed E-state index contributed by atoms with van der Waals surface area (Å²) in [5.41, 5.74) is 0. The lowest BCUT2D eigenvalue weighted by molar-refractivity contribution is 0.196. The lowest BCUT2D eigenvalue weighted by atomic mass is 10.9. The molecule has 0 aliphatic heterocycles. The van der Waals surface area contributed by atoms with Crippen molar-refractivity contribution in [2.75, 3.05) is 0 Å². The molecule has 0 spiro atoms. The summed E-state index contributed by atoms with van der Waals surface area (Å²) < 4.78 is 0.972. The highest BCUT2D eigenvalue weighted by Gasteiger charge is 1.94. The van der Waals surface area contributed by atoms with Crippen molar-refractivity contribution >= 4 is 18.5 Å². The summed E-state index contributed by atoms with van der Waals surface area (Å²) in [6, 6.07) is 0. The maximum atomic E-state index is 9.98. The molecule has 1 aromatic rings. The lowest BCUT2D eigenvalue weighted by Crippen LogP contribution is -2.03. The Labute approximate surface area is 57.5 Å². The van der Waals surface area contributed by atoms with Gasteiger partial charge < -0.3 is 5.11 Å². The molecular weight excluding hydrogens is 144 g/mol. The van der Waals surface area contributed by atoms with Gasteiger partial charge in [-0.3, -0.25) is 0 Å². The highest BCUT2D eigenvalue weighted by molar-refractivity contribution is 5.85. The van der Waals surface area contributed by atoms with Crippen LogP contribution in [-0.4, -0.2) is 20.8 Å². The Kier molecular flexibility index (Phi) is 2.73. The van der Waals surface area contributed by atoms with Crippen molar-refractivity contribution in [3.63, 3.8) is 0 Å². The van der Waals surface area contributed by atoms with Gasteiger partial charge >= 0.3 is 6.09 Å². The van der Waals surface area contributed by atoms with E-state index in [2.05, 4.69) is 4.98 Å². The van der Waals surface area contributed by atoms with Crippen LogP contribution >= 0.6 is 12.4 Å². The van der Waals surface area contributed by atoms with Crippen LogP contribution in [0.1, 0.15) is 0 Å². The smallest absolute Gasteiger partial charge is 0.416 e. The molecule has 0 saturated heterocycles. The first-order valence-corrected chi connectivity index (χ1v) is 2.02. The second-order valence-corrected chi connectivity index (χ2v) is 1.25. The zero-order valence-electron chi connectivity index (χ0n) is 4.39. The van der Waals surface area contributed by atoms with E-state index in [1.807, 2.05) is 0 Å². The fourth-order valence-electron chi connectivity index (χ4n) is 0.372. The van der Waals surface area contributed by atoms with E-state index >= 15 is 0 Å². The molecule has 9 heavy (non-hydrogen) atoms. The first kappa shape index (κ1) is 7.97. The van der Waals surface area contributed by atoms with Gasteiger partial charge in [0.15, 0.2) is 0 Å². The topological polar surface area (TPSA) is 55.1 Å². The first-order valence-electron chi connectivity index (χ1n) is 2.02. The molecule has 0 fully saturated rings. The third-order valence-electron chi connectivity index (χ3n) is 0.725. The molecule has 0 saturated carbocycles. The second kappa shape index (κ2) is 3.09. The normalized spacial score (nSPS) is 8.00.